The van der Waals surface area contributed by atoms with E-state index in [1.54, 1.807) is 41.3 Å². The van der Waals surface area contributed by atoms with Gasteiger partial charge in [-0.05, 0) is 24.3 Å². The first kappa shape index (κ1) is 10.7. The van der Waals surface area contributed by atoms with Crippen molar-refractivity contribution < 1.29 is 8.42 Å². The molecule has 1 aromatic carbocycles. The predicted octanol–water partition coefficient (Wildman–Crippen LogP) is 1.24. The van der Waals surface area contributed by atoms with Crippen LogP contribution in [-0.2, 0) is 10.0 Å². The predicted molar refractivity (Wildman–Crippen MR) is 62.0 cm³/mol. The summed E-state index contributed by atoms with van der Waals surface area (Å²) < 4.78 is 26.2. The van der Waals surface area contributed by atoms with Crippen LogP contribution in [-0.4, -0.2) is 24.5 Å². The molecule has 0 aliphatic heterocycles. The highest BCUT2D eigenvalue weighted by Gasteiger charge is 2.03. The number of rotatable bonds is 3. The van der Waals surface area contributed by atoms with Gasteiger partial charge in [0.1, 0.15) is 0 Å². The van der Waals surface area contributed by atoms with Crippen LogP contribution >= 0.6 is 0 Å². The second-order valence-corrected chi connectivity index (χ2v) is 5.12. The van der Waals surface area contributed by atoms with Crippen molar-refractivity contribution in [2.75, 3.05) is 11.0 Å². The van der Waals surface area contributed by atoms with Crippen LogP contribution in [0.1, 0.15) is 0 Å². The van der Waals surface area contributed by atoms with Crippen molar-refractivity contribution in [3.05, 3.63) is 42.7 Å². The Morgan fingerprint density at radius 3 is 2.75 bits per heavy atom. The average Bonchev–Trinajstić information content (AvgIpc) is 2.68. The third kappa shape index (κ3) is 2.60. The van der Waals surface area contributed by atoms with E-state index in [2.05, 4.69) is 9.82 Å². The van der Waals surface area contributed by atoms with Gasteiger partial charge in [-0.3, -0.25) is 4.72 Å². The Morgan fingerprint density at radius 1 is 1.31 bits per heavy atom. The van der Waals surface area contributed by atoms with Gasteiger partial charge in [-0.2, -0.15) is 5.10 Å². The summed E-state index contributed by atoms with van der Waals surface area (Å²) in [6.45, 7) is 0. The molecule has 0 fully saturated rings. The molecule has 0 atom stereocenters. The van der Waals surface area contributed by atoms with Gasteiger partial charge in [0.25, 0.3) is 0 Å². The van der Waals surface area contributed by atoms with Gasteiger partial charge in [0, 0.05) is 12.4 Å². The largest absolute Gasteiger partial charge is 0.284 e. The van der Waals surface area contributed by atoms with Crippen molar-refractivity contribution in [1.29, 1.82) is 0 Å². The van der Waals surface area contributed by atoms with E-state index >= 15 is 0 Å². The number of anilines is 1. The number of hydrogen-bond donors (Lipinski definition) is 1. The van der Waals surface area contributed by atoms with Crippen LogP contribution in [0.5, 0.6) is 0 Å². The van der Waals surface area contributed by atoms with Gasteiger partial charge in [-0.1, -0.05) is 6.07 Å². The molecule has 0 aliphatic rings. The highest BCUT2D eigenvalue weighted by Crippen LogP contribution is 2.14. The molecule has 5 nitrogen and oxygen atoms in total. The maximum atomic E-state index is 11.1. The van der Waals surface area contributed by atoms with Crippen molar-refractivity contribution in [2.24, 2.45) is 0 Å². The van der Waals surface area contributed by atoms with Crippen LogP contribution in [0.25, 0.3) is 5.69 Å². The number of sulfonamides is 1. The van der Waals surface area contributed by atoms with Crippen molar-refractivity contribution >= 4 is 15.7 Å². The minimum atomic E-state index is -3.24. The van der Waals surface area contributed by atoms with Crippen LogP contribution in [0.4, 0.5) is 5.69 Å². The molecule has 1 aromatic heterocycles. The molecular weight excluding hydrogens is 226 g/mol. The van der Waals surface area contributed by atoms with Crippen molar-refractivity contribution in [3.8, 4) is 5.69 Å². The third-order valence-electron chi connectivity index (χ3n) is 1.92. The second kappa shape index (κ2) is 3.97. The molecule has 1 N–H and O–H groups in total. The van der Waals surface area contributed by atoms with Gasteiger partial charge < -0.3 is 0 Å². The summed E-state index contributed by atoms with van der Waals surface area (Å²) in [5, 5.41) is 4.06. The summed E-state index contributed by atoms with van der Waals surface area (Å²) in [5.41, 5.74) is 1.33. The molecular formula is C10H11N3O2S. The Bertz CT molecular complexity index is 576. The first-order valence-corrected chi connectivity index (χ1v) is 6.52. The minimum absolute atomic E-state index is 0.524. The van der Waals surface area contributed by atoms with Gasteiger partial charge in [0.05, 0.1) is 17.6 Å². The molecule has 0 radical (unpaired) electrons. The summed E-state index contributed by atoms with van der Waals surface area (Å²) in [7, 11) is -3.24. The smallest absolute Gasteiger partial charge is 0.229 e. The van der Waals surface area contributed by atoms with E-state index in [1.165, 1.54) is 0 Å². The summed E-state index contributed by atoms with van der Waals surface area (Å²) in [5.74, 6) is 0. The summed E-state index contributed by atoms with van der Waals surface area (Å²) in [4.78, 5) is 0. The van der Waals surface area contributed by atoms with Crippen molar-refractivity contribution in [1.82, 2.24) is 9.78 Å². The lowest BCUT2D eigenvalue weighted by Crippen LogP contribution is -2.09. The topological polar surface area (TPSA) is 64.0 Å². The fourth-order valence-electron chi connectivity index (χ4n) is 1.35. The molecule has 0 bridgehead atoms. The zero-order valence-electron chi connectivity index (χ0n) is 8.66. The monoisotopic (exact) mass is 237 g/mol. The lowest BCUT2D eigenvalue weighted by molar-refractivity contribution is 0.607. The summed E-state index contributed by atoms with van der Waals surface area (Å²) in [6.07, 6.45) is 4.57. The number of aromatic nitrogens is 2. The Hall–Kier alpha value is -1.82. The SMILES string of the molecule is CS(=O)(=O)Nc1cccc(-n2cccn2)c1. The van der Waals surface area contributed by atoms with E-state index in [4.69, 9.17) is 0 Å². The van der Waals surface area contributed by atoms with Crippen LogP contribution in [0.15, 0.2) is 42.7 Å². The standard InChI is InChI=1S/C10H11N3O2S/c1-16(14,15)12-9-4-2-5-10(8-9)13-7-3-6-11-13/h2-8,12H,1H3. The zero-order valence-corrected chi connectivity index (χ0v) is 9.48. The van der Waals surface area contributed by atoms with Gasteiger partial charge in [-0.25, -0.2) is 13.1 Å². The quantitative estimate of drug-likeness (QED) is 0.873. The molecule has 0 amide bonds. The first-order valence-electron chi connectivity index (χ1n) is 4.62. The minimum Gasteiger partial charge on any atom is -0.284 e. The Kier molecular flexibility index (Phi) is 2.66. The summed E-state index contributed by atoms with van der Waals surface area (Å²) in [6, 6.07) is 8.82. The van der Waals surface area contributed by atoms with Crippen molar-refractivity contribution in [3.63, 3.8) is 0 Å². The lowest BCUT2D eigenvalue weighted by atomic mass is 10.3. The van der Waals surface area contributed by atoms with E-state index < -0.39 is 10.0 Å². The number of nitrogens with zero attached hydrogens (tertiary/aromatic N) is 2. The van der Waals surface area contributed by atoms with Gasteiger partial charge in [-0.15, -0.1) is 0 Å². The zero-order chi connectivity index (χ0) is 11.6. The van der Waals surface area contributed by atoms with E-state index in [9.17, 15) is 8.42 Å². The molecule has 2 rings (SSSR count). The maximum absolute atomic E-state index is 11.1. The average molecular weight is 237 g/mol. The van der Waals surface area contributed by atoms with E-state index in [-0.39, 0.29) is 0 Å². The summed E-state index contributed by atoms with van der Waals surface area (Å²) >= 11 is 0. The fraction of sp³-hybridized carbons (Fsp3) is 0.100. The molecule has 0 spiro atoms. The van der Waals surface area contributed by atoms with Crippen LogP contribution < -0.4 is 4.72 Å². The second-order valence-electron chi connectivity index (χ2n) is 3.38. The first-order chi connectivity index (χ1) is 7.54. The molecule has 0 aliphatic carbocycles. The Balaban J connectivity index is 2.34. The molecule has 0 saturated heterocycles. The van der Waals surface area contributed by atoms with Gasteiger partial charge in [0.2, 0.25) is 10.0 Å². The number of hydrogen-bond acceptors (Lipinski definition) is 3. The van der Waals surface area contributed by atoms with Gasteiger partial charge in [0.15, 0.2) is 0 Å². The maximum Gasteiger partial charge on any atom is 0.229 e. The number of benzene rings is 1. The van der Waals surface area contributed by atoms with Crippen molar-refractivity contribution in [2.45, 2.75) is 0 Å². The highest BCUT2D eigenvalue weighted by atomic mass is 32.2. The van der Waals surface area contributed by atoms with Crippen LogP contribution in [0.3, 0.4) is 0 Å². The fourth-order valence-corrected chi connectivity index (χ4v) is 1.90. The molecule has 0 saturated carbocycles. The third-order valence-corrected chi connectivity index (χ3v) is 2.52. The molecule has 16 heavy (non-hydrogen) atoms. The van der Waals surface area contributed by atoms with Gasteiger partial charge >= 0.3 is 0 Å². The molecule has 0 unspecified atom stereocenters. The molecule has 1 heterocycles. The Labute approximate surface area is 93.8 Å². The molecule has 6 heteroatoms. The van der Waals surface area contributed by atoms with Crippen LogP contribution in [0, 0.1) is 0 Å². The van der Waals surface area contributed by atoms with E-state index in [0.717, 1.165) is 11.9 Å². The normalized spacial score (nSPS) is 11.3. The molecule has 84 valence electrons. The van der Waals surface area contributed by atoms with Crippen LogP contribution in [0.2, 0.25) is 0 Å². The molecule has 2 aromatic rings. The lowest BCUT2D eigenvalue weighted by Gasteiger charge is -2.06. The number of nitrogens with one attached hydrogen (secondary N) is 1. The van der Waals surface area contributed by atoms with E-state index in [1.807, 2.05) is 6.07 Å². The van der Waals surface area contributed by atoms with E-state index in [0.29, 0.717) is 5.69 Å². The Morgan fingerprint density at radius 2 is 2.12 bits per heavy atom. The highest BCUT2D eigenvalue weighted by molar-refractivity contribution is 7.92.